The predicted octanol–water partition coefficient (Wildman–Crippen LogP) is 4.78. The van der Waals surface area contributed by atoms with E-state index in [2.05, 4.69) is 0 Å². The van der Waals surface area contributed by atoms with Gasteiger partial charge in [0.25, 0.3) is 5.91 Å². The van der Waals surface area contributed by atoms with Crippen LogP contribution in [0.3, 0.4) is 0 Å². The van der Waals surface area contributed by atoms with Gasteiger partial charge in [0, 0.05) is 26.7 Å². The van der Waals surface area contributed by atoms with E-state index in [1.807, 2.05) is 0 Å². The van der Waals surface area contributed by atoms with E-state index in [1.54, 1.807) is 6.92 Å². The van der Waals surface area contributed by atoms with Gasteiger partial charge in [-0.3, -0.25) is 4.79 Å². The lowest BCUT2D eigenvalue weighted by Gasteiger charge is -2.43. The molecular formula is C24H26F7N3O4S. The molecule has 1 atom stereocenters. The largest absolute Gasteiger partial charge is 0.495 e. The van der Waals surface area contributed by atoms with E-state index in [4.69, 9.17) is 4.74 Å². The van der Waals surface area contributed by atoms with E-state index in [0.29, 0.717) is 23.5 Å². The number of carbonyl (C=O) groups is 1. The number of ether oxygens (including phenoxy) is 1. The molecule has 2 aromatic carbocycles. The summed E-state index contributed by atoms with van der Waals surface area (Å²) in [7, 11) is -1.54. The van der Waals surface area contributed by atoms with E-state index < -0.39 is 70.9 Å². The Labute approximate surface area is 220 Å². The average molecular weight is 586 g/mol. The number of anilines is 1. The van der Waals surface area contributed by atoms with Crippen LogP contribution in [0.4, 0.5) is 36.4 Å². The number of halogens is 7. The second-order valence-corrected chi connectivity index (χ2v) is 10.9. The first-order chi connectivity index (χ1) is 18.0. The highest BCUT2D eigenvalue weighted by molar-refractivity contribution is 7.89. The van der Waals surface area contributed by atoms with Crippen molar-refractivity contribution in [1.82, 2.24) is 9.21 Å². The molecule has 39 heavy (non-hydrogen) atoms. The van der Waals surface area contributed by atoms with Gasteiger partial charge in [0.1, 0.15) is 17.6 Å². The number of hydrogen-bond acceptors (Lipinski definition) is 5. The van der Waals surface area contributed by atoms with Gasteiger partial charge in [-0.25, -0.2) is 17.1 Å². The average Bonchev–Trinajstić information content (AvgIpc) is 2.86. The van der Waals surface area contributed by atoms with Crippen LogP contribution in [0.15, 0.2) is 41.3 Å². The molecule has 3 rings (SSSR count). The third-order valence-electron chi connectivity index (χ3n) is 6.27. The smallest absolute Gasteiger partial charge is 0.417 e. The lowest BCUT2D eigenvalue weighted by Crippen LogP contribution is -2.60. The first-order valence-electron chi connectivity index (χ1n) is 11.7. The normalized spacial score (nSPS) is 17.1. The van der Waals surface area contributed by atoms with Gasteiger partial charge in [0.2, 0.25) is 10.0 Å². The molecule has 15 heteroatoms. The van der Waals surface area contributed by atoms with Crippen molar-refractivity contribution in [2.24, 2.45) is 0 Å². The molecule has 0 unspecified atom stereocenters. The standard InChI is InChI=1S/C24H26F7N3O4S/c1-4-9-32(2)39(36,37)16-6-8-20(38-3)19(13-16)34-11-10-33(14-21(34)24(29,30)31)22(35)17-7-5-15(25)12-18(17)23(26,27)28/h5-8,12-13,21H,4,9-11,14H2,1-3H3/t21-/m0/s1. The van der Waals surface area contributed by atoms with Crippen LogP contribution in [-0.4, -0.2) is 76.1 Å². The lowest BCUT2D eigenvalue weighted by molar-refractivity contribution is -0.155. The monoisotopic (exact) mass is 585 g/mol. The lowest BCUT2D eigenvalue weighted by atomic mass is 10.0. The number of hydrogen-bond donors (Lipinski definition) is 0. The number of benzene rings is 2. The van der Waals surface area contributed by atoms with Crippen molar-refractivity contribution >= 4 is 21.6 Å². The number of piperazine rings is 1. The van der Waals surface area contributed by atoms with E-state index in [-0.39, 0.29) is 28.9 Å². The van der Waals surface area contributed by atoms with Gasteiger partial charge in [0.05, 0.1) is 35.4 Å². The van der Waals surface area contributed by atoms with Crippen molar-refractivity contribution in [2.75, 3.05) is 45.2 Å². The van der Waals surface area contributed by atoms with Gasteiger partial charge < -0.3 is 14.5 Å². The molecule has 0 N–H and O–H groups in total. The summed E-state index contributed by atoms with van der Waals surface area (Å²) in [6.45, 7) is -0.0886. The van der Waals surface area contributed by atoms with E-state index in [9.17, 15) is 43.9 Å². The number of carbonyl (C=O) groups excluding carboxylic acids is 1. The molecule has 0 aliphatic carbocycles. The van der Waals surface area contributed by atoms with Gasteiger partial charge >= 0.3 is 12.4 Å². The van der Waals surface area contributed by atoms with Gasteiger partial charge in [-0.15, -0.1) is 0 Å². The molecule has 1 saturated heterocycles. The summed E-state index contributed by atoms with van der Waals surface area (Å²) in [5, 5.41) is 0. The van der Waals surface area contributed by atoms with Crippen LogP contribution in [0.5, 0.6) is 5.75 Å². The fraction of sp³-hybridized carbons (Fsp3) is 0.458. The van der Waals surface area contributed by atoms with Crippen LogP contribution in [0, 0.1) is 5.82 Å². The molecular weight excluding hydrogens is 559 g/mol. The molecule has 1 aliphatic rings. The van der Waals surface area contributed by atoms with Crippen molar-refractivity contribution in [3.63, 3.8) is 0 Å². The van der Waals surface area contributed by atoms with Crippen molar-refractivity contribution in [3.8, 4) is 5.75 Å². The van der Waals surface area contributed by atoms with Gasteiger partial charge in [-0.2, -0.15) is 26.3 Å². The van der Waals surface area contributed by atoms with Crippen molar-refractivity contribution in [1.29, 1.82) is 0 Å². The van der Waals surface area contributed by atoms with Crippen LogP contribution >= 0.6 is 0 Å². The molecule has 0 radical (unpaired) electrons. The maximum Gasteiger partial charge on any atom is 0.417 e. The van der Waals surface area contributed by atoms with Crippen molar-refractivity contribution in [2.45, 2.75) is 36.6 Å². The summed E-state index contributed by atoms with van der Waals surface area (Å²) in [5.41, 5.74) is -2.80. The van der Waals surface area contributed by atoms with Crippen LogP contribution in [0.2, 0.25) is 0 Å². The highest BCUT2D eigenvalue weighted by Gasteiger charge is 2.49. The molecule has 0 spiro atoms. The molecule has 1 aliphatic heterocycles. The zero-order valence-corrected chi connectivity index (χ0v) is 21.9. The van der Waals surface area contributed by atoms with Crippen molar-refractivity contribution in [3.05, 3.63) is 53.3 Å². The fourth-order valence-corrected chi connectivity index (χ4v) is 5.60. The number of amides is 1. The van der Waals surface area contributed by atoms with Crippen LogP contribution in [-0.2, 0) is 16.2 Å². The Morgan fingerprint density at radius 2 is 1.74 bits per heavy atom. The quantitative estimate of drug-likeness (QED) is 0.438. The summed E-state index contributed by atoms with van der Waals surface area (Å²) in [5.74, 6) is -2.68. The Kier molecular flexibility index (Phi) is 8.75. The SMILES string of the molecule is CCCN(C)S(=O)(=O)c1ccc(OC)c(N2CCN(C(=O)c3ccc(F)cc3C(F)(F)F)C[C@H]2C(F)(F)F)c1. The first kappa shape index (κ1) is 30.5. The van der Waals surface area contributed by atoms with E-state index in [0.717, 1.165) is 15.3 Å². The molecule has 0 saturated carbocycles. The van der Waals surface area contributed by atoms with Gasteiger partial charge in [-0.05, 0) is 42.8 Å². The Morgan fingerprint density at radius 1 is 1.08 bits per heavy atom. The molecule has 1 heterocycles. The fourth-order valence-electron chi connectivity index (χ4n) is 4.31. The maximum absolute atomic E-state index is 14.3. The zero-order chi connectivity index (χ0) is 29.3. The molecule has 0 bridgehead atoms. The molecule has 1 fully saturated rings. The Hall–Kier alpha value is -3.07. The number of methoxy groups -OCH3 is 1. The highest BCUT2D eigenvalue weighted by Crippen LogP contribution is 2.39. The Balaban J connectivity index is 2.02. The molecule has 7 nitrogen and oxygen atoms in total. The molecule has 0 aromatic heterocycles. The minimum Gasteiger partial charge on any atom is -0.495 e. The summed E-state index contributed by atoms with van der Waals surface area (Å²) >= 11 is 0. The Bertz CT molecular complexity index is 1320. The number of nitrogens with zero attached hydrogens (tertiary/aromatic N) is 3. The third-order valence-corrected chi connectivity index (χ3v) is 8.12. The topological polar surface area (TPSA) is 70.2 Å². The van der Waals surface area contributed by atoms with Crippen LogP contribution in [0.1, 0.15) is 29.3 Å². The predicted molar refractivity (Wildman–Crippen MR) is 128 cm³/mol. The summed E-state index contributed by atoms with van der Waals surface area (Å²) in [6.07, 6.45) is -9.61. The van der Waals surface area contributed by atoms with Crippen molar-refractivity contribution < 1.29 is 48.7 Å². The minimum absolute atomic E-state index is 0.0704. The van der Waals surface area contributed by atoms with Crippen LogP contribution in [0.25, 0.3) is 0 Å². The summed E-state index contributed by atoms with van der Waals surface area (Å²) < 4.78 is 129. The Morgan fingerprint density at radius 3 is 2.31 bits per heavy atom. The first-order valence-corrected chi connectivity index (χ1v) is 13.1. The summed E-state index contributed by atoms with van der Waals surface area (Å²) in [6, 6.07) is 2.34. The molecule has 1 amide bonds. The third kappa shape index (κ3) is 6.40. The number of alkyl halides is 6. The van der Waals surface area contributed by atoms with Gasteiger partial charge in [-0.1, -0.05) is 6.92 Å². The second kappa shape index (κ2) is 11.2. The highest BCUT2D eigenvalue weighted by atomic mass is 32.2. The zero-order valence-electron chi connectivity index (χ0n) is 21.1. The minimum atomic E-state index is -5.12. The van der Waals surface area contributed by atoms with Gasteiger partial charge in [0.15, 0.2) is 0 Å². The van der Waals surface area contributed by atoms with Crippen LogP contribution < -0.4 is 9.64 Å². The molecule has 2 aromatic rings. The number of rotatable bonds is 7. The maximum atomic E-state index is 14.3. The van der Waals surface area contributed by atoms with E-state index >= 15 is 0 Å². The second-order valence-electron chi connectivity index (χ2n) is 8.85. The summed E-state index contributed by atoms with van der Waals surface area (Å²) in [4.78, 5) is 14.1. The number of sulfonamides is 1. The van der Waals surface area contributed by atoms with E-state index in [1.165, 1.54) is 26.3 Å². The molecule has 216 valence electrons.